The molecule has 1 fully saturated rings. The fourth-order valence-electron chi connectivity index (χ4n) is 0.931. The Morgan fingerprint density at radius 3 is 2.00 bits per heavy atom. The molecule has 0 amide bonds. The van der Waals surface area contributed by atoms with E-state index >= 15 is 0 Å². The van der Waals surface area contributed by atoms with Crippen molar-refractivity contribution < 1.29 is 13.2 Å². The molecule has 0 unspecified atom stereocenters. The zero-order valence-corrected chi connectivity index (χ0v) is 5.65. The number of halogens is 3. The molecule has 2 nitrogen and oxygen atoms in total. The number of hydrogen-bond donors (Lipinski definition) is 0. The summed E-state index contributed by atoms with van der Waals surface area (Å²) in [6, 6.07) is 0. The Kier molecular flexibility index (Phi) is 1.87. The summed E-state index contributed by atoms with van der Waals surface area (Å²) in [5.41, 5.74) is 0. The highest BCUT2D eigenvalue weighted by molar-refractivity contribution is 4.69. The number of alkyl halides is 3. The maximum Gasteiger partial charge on any atom is 0.461 e. The van der Waals surface area contributed by atoms with Gasteiger partial charge in [-0.2, -0.15) is 18.1 Å². The standard InChI is InChI=1S/C5H9F3N2/c1-9-2-3-10(4-9)5(6,7)8/h2-4H2,1H3. The van der Waals surface area contributed by atoms with Gasteiger partial charge in [0.2, 0.25) is 0 Å². The van der Waals surface area contributed by atoms with E-state index in [1.807, 2.05) is 0 Å². The highest BCUT2D eigenvalue weighted by Gasteiger charge is 2.39. The Morgan fingerprint density at radius 1 is 1.20 bits per heavy atom. The Morgan fingerprint density at radius 2 is 1.80 bits per heavy atom. The highest BCUT2D eigenvalue weighted by atomic mass is 19.4. The summed E-state index contributed by atoms with van der Waals surface area (Å²) in [5.74, 6) is 0. The van der Waals surface area contributed by atoms with Crippen LogP contribution in [0, 0.1) is 0 Å². The van der Waals surface area contributed by atoms with Crippen molar-refractivity contribution >= 4 is 0 Å². The molecular formula is C5H9F3N2. The minimum absolute atomic E-state index is 0.00347. The zero-order valence-electron chi connectivity index (χ0n) is 5.65. The summed E-state index contributed by atoms with van der Waals surface area (Å²) in [6.45, 7) is 0.600. The molecule has 1 heterocycles. The van der Waals surface area contributed by atoms with Crippen molar-refractivity contribution in [2.24, 2.45) is 0 Å². The Hall–Kier alpha value is -0.290. The summed E-state index contributed by atoms with van der Waals surface area (Å²) in [7, 11) is 1.67. The van der Waals surface area contributed by atoms with Gasteiger partial charge in [-0.25, -0.2) is 0 Å². The molecule has 0 aromatic carbocycles. The van der Waals surface area contributed by atoms with Crippen molar-refractivity contribution in [3.05, 3.63) is 0 Å². The predicted octanol–water partition coefficient (Wildman–Crippen LogP) is 0.711. The molecule has 0 N–H and O–H groups in total. The Balaban J connectivity index is 2.45. The maximum absolute atomic E-state index is 11.8. The van der Waals surface area contributed by atoms with Crippen LogP contribution in [-0.2, 0) is 0 Å². The average Bonchev–Trinajstić information content (AvgIpc) is 2.11. The summed E-state index contributed by atoms with van der Waals surface area (Å²) in [4.78, 5) is 2.13. The van der Waals surface area contributed by atoms with Crippen LogP contribution in [0.4, 0.5) is 13.2 Å². The summed E-state index contributed by atoms with van der Waals surface area (Å²) >= 11 is 0. The van der Waals surface area contributed by atoms with Crippen LogP contribution in [0.15, 0.2) is 0 Å². The average molecular weight is 154 g/mol. The van der Waals surface area contributed by atoms with E-state index in [-0.39, 0.29) is 13.2 Å². The minimum atomic E-state index is -4.15. The molecule has 0 aliphatic carbocycles. The molecule has 0 aromatic heterocycles. The van der Waals surface area contributed by atoms with E-state index in [4.69, 9.17) is 0 Å². The van der Waals surface area contributed by atoms with Gasteiger partial charge in [0.25, 0.3) is 0 Å². The molecule has 1 saturated heterocycles. The molecule has 0 spiro atoms. The Labute approximate surface area is 57.2 Å². The van der Waals surface area contributed by atoms with Crippen molar-refractivity contribution in [3.8, 4) is 0 Å². The van der Waals surface area contributed by atoms with Crippen LogP contribution in [0.5, 0.6) is 0 Å². The number of nitrogens with zero attached hydrogens (tertiary/aromatic N) is 2. The van der Waals surface area contributed by atoms with Crippen molar-refractivity contribution in [3.63, 3.8) is 0 Å². The molecule has 5 heteroatoms. The largest absolute Gasteiger partial charge is 0.461 e. The quantitative estimate of drug-likeness (QED) is 0.474. The monoisotopic (exact) mass is 154 g/mol. The van der Waals surface area contributed by atoms with E-state index in [0.29, 0.717) is 11.4 Å². The van der Waals surface area contributed by atoms with Gasteiger partial charge in [-0.05, 0) is 7.05 Å². The molecule has 1 aliphatic rings. The second-order valence-electron chi connectivity index (χ2n) is 2.45. The normalized spacial score (nSPS) is 24.0. The summed E-state index contributed by atoms with van der Waals surface area (Å²) in [5, 5.41) is 0. The first-order chi connectivity index (χ1) is 4.50. The van der Waals surface area contributed by atoms with E-state index in [9.17, 15) is 13.2 Å². The van der Waals surface area contributed by atoms with E-state index in [0.717, 1.165) is 0 Å². The molecule has 0 atom stereocenters. The first-order valence-corrected chi connectivity index (χ1v) is 3.00. The van der Waals surface area contributed by atoms with Gasteiger partial charge in [0, 0.05) is 13.1 Å². The van der Waals surface area contributed by atoms with Crippen molar-refractivity contribution in [1.29, 1.82) is 0 Å². The van der Waals surface area contributed by atoms with Gasteiger partial charge in [0.15, 0.2) is 0 Å². The van der Waals surface area contributed by atoms with E-state index < -0.39 is 6.30 Å². The van der Waals surface area contributed by atoms with Crippen LogP contribution in [0.2, 0.25) is 0 Å². The maximum atomic E-state index is 11.8. The molecular weight excluding hydrogens is 145 g/mol. The third-order valence-corrected chi connectivity index (χ3v) is 1.52. The second-order valence-corrected chi connectivity index (χ2v) is 2.45. The third kappa shape index (κ3) is 1.60. The molecule has 0 radical (unpaired) electrons. The molecule has 0 saturated carbocycles. The smallest absolute Gasteiger partial charge is 0.292 e. The van der Waals surface area contributed by atoms with Crippen molar-refractivity contribution in [2.45, 2.75) is 6.30 Å². The number of rotatable bonds is 0. The van der Waals surface area contributed by atoms with E-state index in [2.05, 4.69) is 0 Å². The Bertz CT molecular complexity index is 123. The molecule has 0 bridgehead atoms. The van der Waals surface area contributed by atoms with E-state index in [1.165, 1.54) is 0 Å². The van der Waals surface area contributed by atoms with Gasteiger partial charge in [-0.15, -0.1) is 0 Å². The fourth-order valence-corrected chi connectivity index (χ4v) is 0.931. The third-order valence-electron chi connectivity index (χ3n) is 1.52. The summed E-state index contributed by atoms with van der Waals surface area (Å²) < 4.78 is 35.5. The molecule has 10 heavy (non-hydrogen) atoms. The molecule has 1 rings (SSSR count). The number of hydrogen-bond acceptors (Lipinski definition) is 2. The fraction of sp³-hybridized carbons (Fsp3) is 1.00. The van der Waals surface area contributed by atoms with Gasteiger partial charge in [-0.1, -0.05) is 0 Å². The van der Waals surface area contributed by atoms with E-state index in [1.54, 1.807) is 11.9 Å². The number of likely N-dealkylation sites (N-methyl/N-ethyl adjacent to an activating group) is 1. The van der Waals surface area contributed by atoms with Gasteiger partial charge in [-0.3, -0.25) is 4.90 Å². The van der Waals surface area contributed by atoms with Crippen molar-refractivity contribution in [2.75, 3.05) is 26.8 Å². The predicted molar refractivity (Wildman–Crippen MR) is 30.3 cm³/mol. The lowest BCUT2D eigenvalue weighted by Crippen LogP contribution is -2.36. The van der Waals surface area contributed by atoms with Gasteiger partial charge in [0.05, 0.1) is 6.67 Å². The molecule has 60 valence electrons. The topological polar surface area (TPSA) is 6.48 Å². The highest BCUT2D eigenvalue weighted by Crippen LogP contribution is 2.23. The van der Waals surface area contributed by atoms with Crippen LogP contribution in [0.25, 0.3) is 0 Å². The molecule has 1 aliphatic heterocycles. The zero-order chi connectivity index (χ0) is 7.78. The van der Waals surface area contributed by atoms with Crippen LogP contribution in [-0.4, -0.2) is 42.9 Å². The first kappa shape index (κ1) is 7.81. The van der Waals surface area contributed by atoms with Gasteiger partial charge in [0.1, 0.15) is 0 Å². The van der Waals surface area contributed by atoms with Crippen LogP contribution in [0.1, 0.15) is 0 Å². The van der Waals surface area contributed by atoms with Gasteiger partial charge < -0.3 is 0 Å². The molecule has 0 aromatic rings. The van der Waals surface area contributed by atoms with Crippen LogP contribution >= 0.6 is 0 Å². The second kappa shape index (κ2) is 2.39. The van der Waals surface area contributed by atoms with Crippen molar-refractivity contribution in [1.82, 2.24) is 9.80 Å². The lowest BCUT2D eigenvalue weighted by Gasteiger charge is -2.17. The van der Waals surface area contributed by atoms with Crippen LogP contribution in [0.3, 0.4) is 0 Å². The SMILES string of the molecule is CN1CCN(C(F)(F)F)C1. The lowest BCUT2D eigenvalue weighted by molar-refractivity contribution is -0.241. The van der Waals surface area contributed by atoms with Gasteiger partial charge >= 0.3 is 6.30 Å². The first-order valence-electron chi connectivity index (χ1n) is 3.00. The summed E-state index contributed by atoms with van der Waals surface area (Å²) in [6.07, 6.45) is -4.15. The van der Waals surface area contributed by atoms with Crippen LogP contribution < -0.4 is 0 Å². The lowest BCUT2D eigenvalue weighted by atomic mass is 10.6. The minimum Gasteiger partial charge on any atom is -0.292 e.